The first-order chi connectivity index (χ1) is 10.2. The third kappa shape index (κ3) is 3.76. The van der Waals surface area contributed by atoms with E-state index in [0.29, 0.717) is 6.61 Å². The van der Waals surface area contributed by atoms with Gasteiger partial charge in [0.15, 0.2) is 0 Å². The van der Waals surface area contributed by atoms with Gasteiger partial charge in [0.05, 0.1) is 17.7 Å². The van der Waals surface area contributed by atoms with Crippen molar-refractivity contribution in [1.82, 2.24) is 5.32 Å². The Kier molecular flexibility index (Phi) is 5.62. The first kappa shape index (κ1) is 15.8. The molecule has 0 aromatic heterocycles. The molecule has 0 saturated carbocycles. The van der Waals surface area contributed by atoms with Crippen molar-refractivity contribution in [2.45, 2.75) is 39.5 Å². The Bertz CT molecular complexity index is 462. The van der Waals surface area contributed by atoms with Crippen LogP contribution in [0.5, 0.6) is 5.75 Å². The fraction of sp³-hybridized carbons (Fsp3) is 0.588. The van der Waals surface area contributed by atoms with Crippen LogP contribution in [0.25, 0.3) is 0 Å². The van der Waals surface area contributed by atoms with Crippen molar-refractivity contribution < 1.29 is 9.53 Å². The number of amides is 1. The fourth-order valence-corrected chi connectivity index (χ4v) is 3.07. The van der Waals surface area contributed by atoms with Gasteiger partial charge in [0.25, 0.3) is 0 Å². The SMILES string of the molecule is CCCC1(C(=O)Nc2ccccc2OCC)CCCNC1. The maximum absolute atomic E-state index is 12.8. The molecule has 2 N–H and O–H groups in total. The van der Waals surface area contributed by atoms with E-state index in [0.717, 1.165) is 50.2 Å². The molecule has 1 amide bonds. The Hall–Kier alpha value is -1.55. The van der Waals surface area contributed by atoms with Crippen molar-refractivity contribution in [1.29, 1.82) is 0 Å². The molecule has 1 fully saturated rings. The van der Waals surface area contributed by atoms with Gasteiger partial charge in [0.1, 0.15) is 5.75 Å². The number of anilines is 1. The number of piperidine rings is 1. The lowest BCUT2D eigenvalue weighted by Crippen LogP contribution is -2.48. The van der Waals surface area contributed by atoms with Gasteiger partial charge >= 0.3 is 0 Å². The summed E-state index contributed by atoms with van der Waals surface area (Å²) in [7, 11) is 0. The van der Waals surface area contributed by atoms with Gasteiger partial charge in [-0.05, 0) is 44.9 Å². The van der Waals surface area contributed by atoms with E-state index in [1.54, 1.807) is 0 Å². The summed E-state index contributed by atoms with van der Waals surface area (Å²) < 4.78 is 5.59. The van der Waals surface area contributed by atoms with Gasteiger partial charge in [-0.1, -0.05) is 25.5 Å². The second kappa shape index (κ2) is 7.46. The van der Waals surface area contributed by atoms with E-state index in [1.165, 1.54) is 0 Å². The van der Waals surface area contributed by atoms with Crippen molar-refractivity contribution in [2.75, 3.05) is 25.0 Å². The van der Waals surface area contributed by atoms with E-state index < -0.39 is 0 Å². The van der Waals surface area contributed by atoms with Gasteiger partial charge in [-0.2, -0.15) is 0 Å². The highest BCUT2D eigenvalue weighted by molar-refractivity contribution is 5.96. The molecule has 1 unspecified atom stereocenters. The van der Waals surface area contributed by atoms with Crippen LogP contribution in [0.15, 0.2) is 24.3 Å². The third-order valence-electron chi connectivity index (χ3n) is 4.12. The second-order valence-electron chi connectivity index (χ2n) is 5.69. The van der Waals surface area contributed by atoms with Gasteiger partial charge in [0.2, 0.25) is 5.91 Å². The lowest BCUT2D eigenvalue weighted by Gasteiger charge is -2.36. The Balaban J connectivity index is 2.15. The Labute approximate surface area is 127 Å². The number of benzene rings is 1. The number of rotatable bonds is 6. The van der Waals surface area contributed by atoms with Crippen LogP contribution < -0.4 is 15.4 Å². The maximum Gasteiger partial charge on any atom is 0.231 e. The number of hydrogen-bond acceptors (Lipinski definition) is 3. The molecule has 4 heteroatoms. The lowest BCUT2D eigenvalue weighted by atomic mass is 9.76. The minimum absolute atomic E-state index is 0.115. The molecular formula is C17H26N2O2. The highest BCUT2D eigenvalue weighted by atomic mass is 16.5. The molecule has 4 nitrogen and oxygen atoms in total. The summed E-state index contributed by atoms with van der Waals surface area (Å²) >= 11 is 0. The van der Waals surface area contributed by atoms with Gasteiger partial charge < -0.3 is 15.4 Å². The molecule has 0 radical (unpaired) electrons. The lowest BCUT2D eigenvalue weighted by molar-refractivity contribution is -0.127. The quantitative estimate of drug-likeness (QED) is 0.846. The second-order valence-corrected chi connectivity index (χ2v) is 5.69. The zero-order chi connectivity index (χ0) is 15.1. The number of para-hydroxylation sites is 2. The minimum atomic E-state index is -0.285. The molecule has 1 aromatic rings. The van der Waals surface area contributed by atoms with Crippen LogP contribution in [0.1, 0.15) is 39.5 Å². The molecule has 21 heavy (non-hydrogen) atoms. The van der Waals surface area contributed by atoms with Crippen LogP contribution >= 0.6 is 0 Å². The van der Waals surface area contributed by atoms with Crippen LogP contribution in [0.3, 0.4) is 0 Å². The molecular weight excluding hydrogens is 264 g/mol. The molecule has 1 aliphatic rings. The van der Waals surface area contributed by atoms with E-state index in [-0.39, 0.29) is 11.3 Å². The van der Waals surface area contributed by atoms with Gasteiger partial charge in [0, 0.05) is 6.54 Å². The summed E-state index contributed by atoms with van der Waals surface area (Å²) in [6, 6.07) is 7.64. The van der Waals surface area contributed by atoms with Crippen molar-refractivity contribution >= 4 is 11.6 Å². The summed E-state index contributed by atoms with van der Waals surface area (Å²) in [4.78, 5) is 12.8. The molecule has 2 rings (SSSR count). The molecule has 1 aromatic carbocycles. The summed E-state index contributed by atoms with van der Waals surface area (Å²) in [5.74, 6) is 0.854. The van der Waals surface area contributed by atoms with Crippen molar-refractivity contribution in [3.05, 3.63) is 24.3 Å². The van der Waals surface area contributed by atoms with Gasteiger partial charge in [-0.15, -0.1) is 0 Å². The van der Waals surface area contributed by atoms with Crippen LogP contribution in [0.2, 0.25) is 0 Å². The van der Waals surface area contributed by atoms with Crippen molar-refractivity contribution in [2.24, 2.45) is 5.41 Å². The predicted octanol–water partition coefficient (Wildman–Crippen LogP) is 3.19. The van der Waals surface area contributed by atoms with E-state index in [2.05, 4.69) is 17.6 Å². The zero-order valence-electron chi connectivity index (χ0n) is 13.1. The van der Waals surface area contributed by atoms with Gasteiger partial charge in [-0.25, -0.2) is 0 Å². The smallest absolute Gasteiger partial charge is 0.231 e. The average molecular weight is 290 g/mol. The number of ether oxygens (including phenoxy) is 1. The summed E-state index contributed by atoms with van der Waals surface area (Å²) in [5.41, 5.74) is 0.483. The number of carbonyl (C=O) groups is 1. The summed E-state index contributed by atoms with van der Waals surface area (Å²) in [5, 5.41) is 6.46. The van der Waals surface area contributed by atoms with Crippen LogP contribution in [-0.2, 0) is 4.79 Å². The molecule has 1 atom stereocenters. The van der Waals surface area contributed by atoms with Crippen molar-refractivity contribution in [3.63, 3.8) is 0 Å². The molecule has 1 saturated heterocycles. The Morgan fingerprint density at radius 2 is 2.19 bits per heavy atom. The van der Waals surface area contributed by atoms with Crippen molar-refractivity contribution in [3.8, 4) is 5.75 Å². The molecule has 0 spiro atoms. The third-order valence-corrected chi connectivity index (χ3v) is 4.12. The van der Waals surface area contributed by atoms with Crippen LogP contribution in [0, 0.1) is 5.41 Å². The first-order valence-corrected chi connectivity index (χ1v) is 7.96. The fourth-order valence-electron chi connectivity index (χ4n) is 3.07. The standard InChI is InChI=1S/C17H26N2O2/c1-3-10-17(11-7-12-18-13-17)16(20)19-14-8-5-6-9-15(14)21-4-2/h5-6,8-9,18H,3-4,7,10-13H2,1-2H3,(H,19,20). The average Bonchev–Trinajstić information content (AvgIpc) is 2.50. The van der Waals surface area contributed by atoms with E-state index in [9.17, 15) is 4.79 Å². The molecule has 0 bridgehead atoms. The Morgan fingerprint density at radius 3 is 2.86 bits per heavy atom. The number of hydrogen-bond donors (Lipinski definition) is 2. The monoisotopic (exact) mass is 290 g/mol. The highest BCUT2D eigenvalue weighted by Gasteiger charge is 2.38. The molecule has 1 aliphatic heterocycles. The Morgan fingerprint density at radius 1 is 1.38 bits per heavy atom. The maximum atomic E-state index is 12.8. The van der Waals surface area contributed by atoms with E-state index in [4.69, 9.17) is 4.74 Å². The molecule has 0 aliphatic carbocycles. The zero-order valence-corrected chi connectivity index (χ0v) is 13.1. The van der Waals surface area contributed by atoms with E-state index >= 15 is 0 Å². The molecule has 116 valence electrons. The first-order valence-electron chi connectivity index (χ1n) is 7.96. The van der Waals surface area contributed by atoms with E-state index in [1.807, 2.05) is 31.2 Å². The van der Waals surface area contributed by atoms with Gasteiger partial charge in [-0.3, -0.25) is 4.79 Å². The highest BCUT2D eigenvalue weighted by Crippen LogP contribution is 2.34. The number of nitrogens with one attached hydrogen (secondary N) is 2. The van der Waals surface area contributed by atoms with Crippen LogP contribution in [0.4, 0.5) is 5.69 Å². The topological polar surface area (TPSA) is 50.4 Å². The number of carbonyl (C=O) groups excluding carboxylic acids is 1. The summed E-state index contributed by atoms with van der Waals surface area (Å²) in [6.45, 7) is 6.45. The largest absolute Gasteiger partial charge is 0.492 e. The normalized spacial score (nSPS) is 21.8. The minimum Gasteiger partial charge on any atom is -0.492 e. The summed E-state index contributed by atoms with van der Waals surface area (Å²) in [6.07, 6.45) is 3.95. The van der Waals surface area contributed by atoms with Crippen LogP contribution in [-0.4, -0.2) is 25.6 Å². The molecule has 1 heterocycles. The predicted molar refractivity (Wildman–Crippen MR) is 85.7 cm³/mol.